The maximum atomic E-state index is 12.1. The Hall–Kier alpha value is -1.95. The Bertz CT molecular complexity index is 525. The molecule has 1 aromatic carbocycles. The van der Waals surface area contributed by atoms with E-state index >= 15 is 0 Å². The molecule has 1 unspecified atom stereocenters. The van der Waals surface area contributed by atoms with Gasteiger partial charge in [0.25, 0.3) is 0 Å². The number of nitrogens with one attached hydrogen (secondary N) is 1. The van der Waals surface area contributed by atoms with Crippen LogP contribution >= 0.6 is 12.6 Å². The van der Waals surface area contributed by atoms with Gasteiger partial charge in [0.2, 0.25) is 5.12 Å². The molecule has 0 aliphatic rings. The van der Waals surface area contributed by atoms with Crippen LogP contribution in [0.25, 0.3) is 0 Å². The van der Waals surface area contributed by atoms with E-state index in [1.54, 1.807) is 30.3 Å². The summed E-state index contributed by atoms with van der Waals surface area (Å²) in [6.07, 6.45) is 1.35. The molecule has 1 aromatic heterocycles. The summed E-state index contributed by atoms with van der Waals surface area (Å²) in [7, 11) is 0. The van der Waals surface area contributed by atoms with Crippen molar-refractivity contribution in [3.63, 3.8) is 0 Å². The molecule has 2 rings (SSSR count). The van der Waals surface area contributed by atoms with Crippen LogP contribution in [0, 0.1) is 0 Å². The lowest BCUT2D eigenvalue weighted by atomic mass is 9.96. The van der Waals surface area contributed by atoms with Crippen LogP contribution in [0.5, 0.6) is 0 Å². The van der Waals surface area contributed by atoms with Gasteiger partial charge in [-0.2, -0.15) is 15.4 Å². The van der Waals surface area contributed by atoms with E-state index in [1.165, 1.54) is 6.20 Å². The van der Waals surface area contributed by atoms with Crippen molar-refractivity contribution in [3.8, 4) is 0 Å². The number of thiol groups is 1. The van der Waals surface area contributed by atoms with Crippen LogP contribution in [-0.4, -0.2) is 26.3 Å². The highest BCUT2D eigenvalue weighted by molar-refractivity contribution is 7.96. The minimum Gasteiger partial charge on any atom is -0.293 e. The zero-order chi connectivity index (χ0) is 12.3. The Balaban J connectivity index is 2.36. The van der Waals surface area contributed by atoms with Crippen molar-refractivity contribution >= 4 is 23.5 Å². The van der Waals surface area contributed by atoms with Gasteiger partial charge in [-0.1, -0.05) is 30.3 Å². The van der Waals surface area contributed by atoms with Gasteiger partial charge in [0.05, 0.1) is 6.20 Å². The number of hydrogen-bond donors (Lipinski definition) is 2. The van der Waals surface area contributed by atoms with Gasteiger partial charge in [-0.25, -0.2) is 0 Å². The number of nitrogens with zero attached hydrogens (tertiary/aromatic N) is 2. The zero-order valence-electron chi connectivity index (χ0n) is 8.70. The topological polar surface area (TPSA) is 75.7 Å². The maximum Gasteiger partial charge on any atom is 0.202 e. The smallest absolute Gasteiger partial charge is 0.202 e. The molecule has 5 nitrogen and oxygen atoms in total. The average Bonchev–Trinajstić information content (AvgIpc) is 2.83. The Morgan fingerprint density at radius 1 is 1.24 bits per heavy atom. The summed E-state index contributed by atoms with van der Waals surface area (Å²) in [4.78, 5) is 23.6. The van der Waals surface area contributed by atoms with Crippen molar-refractivity contribution < 1.29 is 9.59 Å². The molecule has 6 heteroatoms. The molecule has 17 heavy (non-hydrogen) atoms. The molecule has 0 saturated carbocycles. The fraction of sp³-hybridized carbons (Fsp3) is 0.0909. The molecule has 0 bridgehead atoms. The molecular weight excluding hydrogens is 238 g/mol. The first-order chi connectivity index (χ1) is 8.20. The summed E-state index contributed by atoms with van der Waals surface area (Å²) in [6, 6.07) is 8.55. The van der Waals surface area contributed by atoms with Gasteiger partial charge in [-0.3, -0.25) is 9.59 Å². The fourth-order valence-corrected chi connectivity index (χ4v) is 1.74. The van der Waals surface area contributed by atoms with Crippen molar-refractivity contribution in [1.29, 1.82) is 0 Å². The fourth-order valence-electron chi connectivity index (χ4n) is 1.49. The van der Waals surface area contributed by atoms with E-state index < -0.39 is 11.0 Å². The summed E-state index contributed by atoms with van der Waals surface area (Å²) in [5.74, 6) is -1.35. The maximum absolute atomic E-state index is 12.1. The number of carbonyl (C=O) groups excluding carboxylic acids is 2. The van der Waals surface area contributed by atoms with Crippen molar-refractivity contribution in [3.05, 3.63) is 47.8 Å². The van der Waals surface area contributed by atoms with Crippen molar-refractivity contribution in [2.24, 2.45) is 0 Å². The first kappa shape index (κ1) is 11.5. The van der Waals surface area contributed by atoms with Gasteiger partial charge in [0.15, 0.2) is 5.78 Å². The number of aromatic nitrogens is 3. The highest BCUT2D eigenvalue weighted by Crippen LogP contribution is 2.20. The predicted molar refractivity (Wildman–Crippen MR) is 63.9 cm³/mol. The molecule has 0 spiro atoms. The zero-order valence-corrected chi connectivity index (χ0v) is 9.59. The lowest BCUT2D eigenvalue weighted by molar-refractivity contribution is -0.111. The highest BCUT2D eigenvalue weighted by atomic mass is 32.1. The molecule has 0 aliphatic carbocycles. The first-order valence-electron chi connectivity index (χ1n) is 4.88. The second kappa shape index (κ2) is 4.92. The van der Waals surface area contributed by atoms with Crippen LogP contribution in [-0.2, 0) is 4.79 Å². The number of hydrogen-bond acceptors (Lipinski definition) is 4. The SMILES string of the molecule is O=C(S)C(C(=O)c1ccccc1)c1cn[nH]n1. The average molecular weight is 247 g/mol. The molecule has 1 atom stereocenters. The molecule has 1 heterocycles. The standard InChI is InChI=1S/C11H9N3O2S/c15-10(7-4-2-1-3-5-7)9(11(16)17)8-6-12-14-13-8/h1-6,9H,(H,16,17)(H,12,13,14). The third-order valence-electron chi connectivity index (χ3n) is 2.30. The van der Waals surface area contributed by atoms with Gasteiger partial charge in [0.1, 0.15) is 11.6 Å². The summed E-state index contributed by atoms with van der Waals surface area (Å²) < 4.78 is 0. The largest absolute Gasteiger partial charge is 0.293 e. The Morgan fingerprint density at radius 3 is 2.47 bits per heavy atom. The van der Waals surface area contributed by atoms with Crippen LogP contribution in [0.15, 0.2) is 36.5 Å². The number of ketones is 1. The molecule has 0 aliphatic heterocycles. The molecule has 2 aromatic rings. The minimum absolute atomic E-state index is 0.277. The number of H-pyrrole nitrogens is 1. The van der Waals surface area contributed by atoms with Crippen LogP contribution in [0.1, 0.15) is 22.0 Å². The Labute approximate surface area is 103 Å². The van der Waals surface area contributed by atoms with E-state index in [1.807, 2.05) is 0 Å². The van der Waals surface area contributed by atoms with Crippen LogP contribution in [0.3, 0.4) is 0 Å². The van der Waals surface area contributed by atoms with Crippen LogP contribution in [0.4, 0.5) is 0 Å². The summed E-state index contributed by atoms with van der Waals surface area (Å²) in [6.45, 7) is 0. The molecule has 0 fully saturated rings. The second-order valence-corrected chi connectivity index (χ2v) is 3.84. The molecule has 86 valence electrons. The van der Waals surface area contributed by atoms with E-state index in [4.69, 9.17) is 0 Å². The number of benzene rings is 1. The summed E-state index contributed by atoms with van der Waals surface area (Å²) in [5, 5.41) is 9.17. The molecular formula is C11H9N3O2S. The van der Waals surface area contributed by atoms with E-state index in [0.29, 0.717) is 5.56 Å². The number of rotatable bonds is 4. The summed E-state index contributed by atoms with van der Waals surface area (Å²) >= 11 is 3.73. The molecule has 1 N–H and O–H groups in total. The molecule has 0 amide bonds. The van der Waals surface area contributed by atoms with Crippen LogP contribution in [0.2, 0.25) is 0 Å². The van der Waals surface area contributed by atoms with Gasteiger partial charge in [0, 0.05) is 5.56 Å². The first-order valence-corrected chi connectivity index (χ1v) is 5.32. The van der Waals surface area contributed by atoms with E-state index in [-0.39, 0.29) is 11.5 Å². The quantitative estimate of drug-likeness (QED) is 0.484. The van der Waals surface area contributed by atoms with Crippen LogP contribution < -0.4 is 0 Å². The predicted octanol–water partition coefficient (Wildman–Crippen LogP) is 1.23. The monoisotopic (exact) mass is 247 g/mol. The van der Waals surface area contributed by atoms with Gasteiger partial charge >= 0.3 is 0 Å². The highest BCUT2D eigenvalue weighted by Gasteiger charge is 2.29. The number of aromatic amines is 1. The van der Waals surface area contributed by atoms with Gasteiger partial charge in [-0.05, 0) is 0 Å². The number of Topliss-reactive ketones (excluding diaryl/α,β-unsaturated/α-hetero) is 1. The number of carbonyl (C=O) groups is 2. The Morgan fingerprint density at radius 2 is 1.94 bits per heavy atom. The van der Waals surface area contributed by atoms with Crippen molar-refractivity contribution in [1.82, 2.24) is 15.4 Å². The van der Waals surface area contributed by atoms with E-state index in [9.17, 15) is 9.59 Å². The second-order valence-electron chi connectivity index (χ2n) is 3.40. The lowest BCUT2D eigenvalue weighted by Gasteiger charge is -2.08. The normalized spacial score (nSPS) is 12.1. The summed E-state index contributed by atoms with van der Waals surface area (Å²) in [5.41, 5.74) is 0.724. The molecule has 0 saturated heterocycles. The minimum atomic E-state index is -1.01. The lowest BCUT2D eigenvalue weighted by Crippen LogP contribution is -2.19. The third-order valence-corrected chi connectivity index (χ3v) is 2.56. The van der Waals surface area contributed by atoms with Gasteiger partial charge < -0.3 is 0 Å². The van der Waals surface area contributed by atoms with Crippen molar-refractivity contribution in [2.75, 3.05) is 0 Å². The van der Waals surface area contributed by atoms with Gasteiger partial charge in [-0.15, -0.1) is 12.6 Å². The molecule has 0 radical (unpaired) electrons. The Kier molecular flexibility index (Phi) is 3.34. The third kappa shape index (κ3) is 2.42. The van der Waals surface area contributed by atoms with E-state index in [0.717, 1.165) is 0 Å². The van der Waals surface area contributed by atoms with E-state index in [2.05, 4.69) is 28.0 Å². The van der Waals surface area contributed by atoms with Crippen molar-refractivity contribution in [2.45, 2.75) is 5.92 Å².